The normalized spacial score (nSPS) is 11.7. The Labute approximate surface area is 313 Å². The second-order valence-corrected chi connectivity index (χ2v) is 14.5. The molecule has 3 heterocycles. The minimum atomic E-state index is 0.611. The van der Waals surface area contributed by atoms with Crippen LogP contribution in [0.15, 0.2) is 174 Å². The second kappa shape index (κ2) is 12.3. The summed E-state index contributed by atoms with van der Waals surface area (Å²) < 4.78 is 8.53. The summed E-state index contributed by atoms with van der Waals surface area (Å²) in [6.07, 6.45) is 0. The molecule has 11 rings (SSSR count). The third-order valence-corrected chi connectivity index (χ3v) is 11.2. The SMILES string of the molecule is c1ccc(-c2nc3cc4c(cc3o2)sc2cccc(-c3nc(-c5ccc6ccccc6c5)nc(-c5cc(-c6ccccc6)c6ccccc6c5)n3)c24)cc1. The number of rotatable bonds is 5. The van der Waals surface area contributed by atoms with Crippen molar-refractivity contribution in [2.75, 3.05) is 0 Å². The Morgan fingerprint density at radius 1 is 0.389 bits per heavy atom. The van der Waals surface area contributed by atoms with Crippen LogP contribution in [0, 0.1) is 0 Å². The van der Waals surface area contributed by atoms with E-state index in [4.69, 9.17) is 24.4 Å². The third kappa shape index (κ3) is 5.15. The van der Waals surface area contributed by atoms with Gasteiger partial charge in [0.25, 0.3) is 0 Å². The van der Waals surface area contributed by atoms with Crippen molar-refractivity contribution < 1.29 is 4.42 Å². The van der Waals surface area contributed by atoms with E-state index in [1.165, 1.54) is 10.8 Å². The van der Waals surface area contributed by atoms with E-state index in [1.54, 1.807) is 11.3 Å². The van der Waals surface area contributed by atoms with Gasteiger partial charge in [0, 0.05) is 48.5 Å². The monoisotopic (exact) mass is 708 g/mol. The van der Waals surface area contributed by atoms with E-state index in [1.807, 2.05) is 36.4 Å². The Morgan fingerprint density at radius 2 is 1.07 bits per heavy atom. The van der Waals surface area contributed by atoms with Crippen LogP contribution < -0.4 is 0 Å². The molecule has 0 bridgehead atoms. The van der Waals surface area contributed by atoms with Gasteiger partial charge < -0.3 is 4.42 Å². The molecular formula is C48H28N4OS. The third-order valence-electron chi connectivity index (χ3n) is 10.1. The number of oxazole rings is 1. The number of aromatic nitrogens is 4. The van der Waals surface area contributed by atoms with Crippen LogP contribution in [0.4, 0.5) is 0 Å². The maximum absolute atomic E-state index is 6.27. The van der Waals surface area contributed by atoms with Crippen molar-refractivity contribution in [2.45, 2.75) is 0 Å². The van der Waals surface area contributed by atoms with E-state index in [2.05, 4.69) is 133 Å². The lowest BCUT2D eigenvalue weighted by molar-refractivity contribution is 0.620. The summed E-state index contributed by atoms with van der Waals surface area (Å²) in [5.74, 6) is 2.47. The van der Waals surface area contributed by atoms with Crippen LogP contribution in [0.1, 0.15) is 0 Å². The average molecular weight is 709 g/mol. The summed E-state index contributed by atoms with van der Waals surface area (Å²) in [4.78, 5) is 20.7. The van der Waals surface area contributed by atoms with Crippen LogP contribution >= 0.6 is 11.3 Å². The maximum atomic E-state index is 6.27. The molecule has 0 amide bonds. The van der Waals surface area contributed by atoms with Crippen LogP contribution in [-0.4, -0.2) is 19.9 Å². The molecule has 252 valence electrons. The molecule has 54 heavy (non-hydrogen) atoms. The van der Waals surface area contributed by atoms with E-state index in [0.717, 1.165) is 75.4 Å². The highest BCUT2D eigenvalue weighted by Crippen LogP contribution is 2.42. The largest absolute Gasteiger partial charge is 0.436 e. The average Bonchev–Trinajstić information content (AvgIpc) is 3.83. The molecule has 0 radical (unpaired) electrons. The fourth-order valence-corrected chi connectivity index (χ4v) is 8.66. The van der Waals surface area contributed by atoms with Crippen molar-refractivity contribution in [1.29, 1.82) is 0 Å². The Kier molecular flexibility index (Phi) is 6.97. The van der Waals surface area contributed by atoms with Gasteiger partial charge >= 0.3 is 0 Å². The summed E-state index contributed by atoms with van der Waals surface area (Å²) in [6.45, 7) is 0. The lowest BCUT2D eigenvalue weighted by Crippen LogP contribution is -2.01. The highest BCUT2D eigenvalue weighted by molar-refractivity contribution is 7.26. The molecule has 3 aromatic heterocycles. The fourth-order valence-electron chi connectivity index (χ4n) is 7.52. The standard InChI is InChI=1S/C48H28N4OS/c1-3-13-30(14-4-1)38-26-35(25-33-18-9-10-19-36(33)38)46-50-45(34-23-22-29-12-7-8-17-32(29)24-34)51-47(52-46)37-20-11-21-42-44(37)39-27-40-41(28-43(39)54-42)53-48(49-40)31-15-5-2-6-16-31/h1-28H. The molecule has 5 nitrogen and oxygen atoms in total. The molecule has 0 spiro atoms. The molecule has 0 aliphatic rings. The number of thiophene rings is 1. The Hall–Kier alpha value is -7.02. The molecule has 0 atom stereocenters. The first kappa shape index (κ1) is 30.6. The number of benzene rings is 8. The summed E-state index contributed by atoms with van der Waals surface area (Å²) in [6, 6.07) is 58.9. The number of nitrogens with zero attached hydrogens (tertiary/aromatic N) is 4. The van der Waals surface area contributed by atoms with Gasteiger partial charge in [0.15, 0.2) is 23.1 Å². The van der Waals surface area contributed by atoms with E-state index < -0.39 is 0 Å². The zero-order chi connectivity index (χ0) is 35.6. The topological polar surface area (TPSA) is 64.7 Å². The summed E-state index contributed by atoms with van der Waals surface area (Å²) in [5, 5.41) is 6.79. The van der Waals surface area contributed by atoms with Crippen molar-refractivity contribution in [2.24, 2.45) is 0 Å². The molecule has 8 aromatic carbocycles. The van der Waals surface area contributed by atoms with Crippen molar-refractivity contribution in [3.8, 4) is 56.7 Å². The van der Waals surface area contributed by atoms with E-state index >= 15 is 0 Å². The van der Waals surface area contributed by atoms with Crippen LogP contribution in [-0.2, 0) is 0 Å². The lowest BCUT2D eigenvalue weighted by Gasteiger charge is -2.13. The molecule has 0 aliphatic carbocycles. The van der Waals surface area contributed by atoms with Crippen LogP contribution in [0.2, 0.25) is 0 Å². The van der Waals surface area contributed by atoms with Gasteiger partial charge in [-0.2, -0.15) is 0 Å². The maximum Gasteiger partial charge on any atom is 0.227 e. The molecule has 0 N–H and O–H groups in total. The van der Waals surface area contributed by atoms with Gasteiger partial charge in [-0.3, -0.25) is 0 Å². The quantitative estimate of drug-likeness (QED) is 0.178. The second-order valence-electron chi connectivity index (χ2n) is 13.5. The summed E-state index contributed by atoms with van der Waals surface area (Å²) >= 11 is 1.74. The molecule has 0 fully saturated rings. The van der Waals surface area contributed by atoms with E-state index in [9.17, 15) is 0 Å². The van der Waals surface area contributed by atoms with Gasteiger partial charge in [0.2, 0.25) is 5.89 Å². The van der Waals surface area contributed by atoms with Crippen molar-refractivity contribution in [3.05, 3.63) is 170 Å². The number of hydrogen-bond acceptors (Lipinski definition) is 6. The van der Waals surface area contributed by atoms with Gasteiger partial charge in [-0.05, 0) is 75.1 Å². The molecule has 6 heteroatoms. The lowest BCUT2D eigenvalue weighted by atomic mass is 9.95. The van der Waals surface area contributed by atoms with Gasteiger partial charge in [0.05, 0.1) is 0 Å². The molecule has 0 aliphatic heterocycles. The first-order chi connectivity index (χ1) is 26.7. The fraction of sp³-hybridized carbons (Fsp3) is 0. The van der Waals surface area contributed by atoms with Crippen molar-refractivity contribution >= 4 is 64.2 Å². The predicted molar refractivity (Wildman–Crippen MR) is 222 cm³/mol. The smallest absolute Gasteiger partial charge is 0.227 e. The van der Waals surface area contributed by atoms with Gasteiger partial charge in [0.1, 0.15) is 5.52 Å². The Balaban J connectivity index is 1.15. The first-order valence-corrected chi connectivity index (χ1v) is 18.7. The van der Waals surface area contributed by atoms with Crippen LogP contribution in [0.5, 0.6) is 0 Å². The number of hydrogen-bond donors (Lipinski definition) is 0. The molecule has 0 saturated carbocycles. The Morgan fingerprint density at radius 3 is 1.91 bits per heavy atom. The van der Waals surface area contributed by atoms with Crippen LogP contribution in [0.25, 0.3) is 110 Å². The highest BCUT2D eigenvalue weighted by Gasteiger charge is 2.20. The zero-order valence-electron chi connectivity index (χ0n) is 28.8. The summed E-state index contributed by atoms with van der Waals surface area (Å²) in [7, 11) is 0. The minimum absolute atomic E-state index is 0.611. The first-order valence-electron chi connectivity index (χ1n) is 17.9. The van der Waals surface area contributed by atoms with E-state index in [0.29, 0.717) is 23.4 Å². The van der Waals surface area contributed by atoms with Crippen molar-refractivity contribution in [1.82, 2.24) is 19.9 Å². The number of fused-ring (bicyclic) bond motifs is 6. The van der Waals surface area contributed by atoms with Gasteiger partial charge in [-0.1, -0.05) is 121 Å². The Bertz CT molecular complexity index is 3220. The van der Waals surface area contributed by atoms with E-state index in [-0.39, 0.29) is 0 Å². The minimum Gasteiger partial charge on any atom is -0.436 e. The van der Waals surface area contributed by atoms with Gasteiger partial charge in [-0.15, -0.1) is 11.3 Å². The molecule has 0 saturated heterocycles. The zero-order valence-corrected chi connectivity index (χ0v) is 29.6. The summed E-state index contributed by atoms with van der Waals surface area (Å²) in [5.41, 5.74) is 7.61. The highest BCUT2D eigenvalue weighted by atomic mass is 32.1. The molecule has 0 unspecified atom stereocenters. The van der Waals surface area contributed by atoms with Crippen molar-refractivity contribution in [3.63, 3.8) is 0 Å². The predicted octanol–water partition coefficient (Wildman–Crippen LogP) is 13.0. The van der Waals surface area contributed by atoms with Gasteiger partial charge in [-0.25, -0.2) is 19.9 Å². The molecular weight excluding hydrogens is 681 g/mol. The molecule has 11 aromatic rings. The van der Waals surface area contributed by atoms with Crippen LogP contribution in [0.3, 0.4) is 0 Å².